The van der Waals surface area contributed by atoms with E-state index in [1.54, 1.807) is 12.1 Å². The molecule has 1 aromatic carbocycles. The van der Waals surface area contributed by atoms with Crippen LogP contribution < -0.4 is 10.5 Å². The number of rotatable bonds is 8. The number of sulfonamides is 1. The van der Waals surface area contributed by atoms with Crippen molar-refractivity contribution < 1.29 is 8.42 Å². The molecule has 0 aromatic heterocycles. The molecule has 0 aliphatic carbocycles. The Hall–Kier alpha value is -1.11. The van der Waals surface area contributed by atoms with Gasteiger partial charge >= 0.3 is 0 Å². The van der Waals surface area contributed by atoms with Crippen LogP contribution in [0.25, 0.3) is 0 Å². The van der Waals surface area contributed by atoms with Crippen LogP contribution in [0.2, 0.25) is 0 Å². The Balaban J connectivity index is 2.66. The first-order valence-corrected chi connectivity index (χ1v) is 8.46. The molecule has 0 radical (unpaired) electrons. The molecule has 1 rings (SSSR count). The van der Waals surface area contributed by atoms with Gasteiger partial charge < -0.3 is 10.6 Å². The molecule has 114 valence electrons. The highest BCUT2D eigenvalue weighted by Gasteiger charge is 2.14. The molecule has 3 N–H and O–H groups in total. The molecule has 0 saturated heterocycles. The van der Waals surface area contributed by atoms with Crippen LogP contribution in [-0.4, -0.2) is 39.5 Å². The van der Waals surface area contributed by atoms with Gasteiger partial charge in [0, 0.05) is 18.8 Å². The smallest absolute Gasteiger partial charge is 0.240 e. The van der Waals surface area contributed by atoms with Gasteiger partial charge in [-0.25, -0.2) is 13.1 Å². The van der Waals surface area contributed by atoms with Gasteiger partial charge in [0.25, 0.3) is 0 Å². The lowest BCUT2D eigenvalue weighted by molar-refractivity contribution is 0.293. The fourth-order valence-electron chi connectivity index (χ4n) is 2.10. The van der Waals surface area contributed by atoms with Crippen molar-refractivity contribution in [3.63, 3.8) is 0 Å². The van der Waals surface area contributed by atoms with Crippen LogP contribution in [-0.2, 0) is 10.0 Å². The van der Waals surface area contributed by atoms with Gasteiger partial charge in [0.2, 0.25) is 10.0 Å². The molecule has 0 aliphatic heterocycles. The number of nitrogens with one attached hydrogen (secondary N) is 1. The maximum atomic E-state index is 12.2. The van der Waals surface area contributed by atoms with E-state index < -0.39 is 10.0 Å². The summed E-state index contributed by atoms with van der Waals surface area (Å²) in [4.78, 5) is 2.45. The number of hydrogen-bond acceptors (Lipinski definition) is 4. The lowest BCUT2D eigenvalue weighted by Gasteiger charge is -2.19. The van der Waals surface area contributed by atoms with E-state index in [1.165, 1.54) is 6.07 Å². The highest BCUT2D eigenvalue weighted by atomic mass is 32.2. The summed E-state index contributed by atoms with van der Waals surface area (Å²) in [5, 5.41) is 0. The molecule has 0 bridgehead atoms. The van der Waals surface area contributed by atoms with E-state index in [1.807, 2.05) is 6.92 Å². The Morgan fingerprint density at radius 2 is 1.90 bits per heavy atom. The zero-order chi connectivity index (χ0) is 15.2. The number of nitrogen functional groups attached to an aromatic ring is 1. The van der Waals surface area contributed by atoms with Gasteiger partial charge in [-0.3, -0.25) is 0 Å². The van der Waals surface area contributed by atoms with Gasteiger partial charge in [-0.15, -0.1) is 0 Å². The Morgan fingerprint density at radius 3 is 2.45 bits per heavy atom. The van der Waals surface area contributed by atoms with Crippen molar-refractivity contribution in [3.05, 3.63) is 23.8 Å². The van der Waals surface area contributed by atoms with E-state index >= 15 is 0 Å². The summed E-state index contributed by atoms with van der Waals surface area (Å²) in [5.41, 5.74) is 7.00. The monoisotopic (exact) mass is 299 g/mol. The average Bonchev–Trinajstić information content (AvgIpc) is 2.36. The standard InChI is InChI=1S/C14H25N3O2S/c1-4-7-17(5-2)8-6-16-20(18,19)14-10-12(3)9-13(15)11-14/h9-11,16H,4-8,15H2,1-3H3. The van der Waals surface area contributed by atoms with Crippen molar-refractivity contribution >= 4 is 15.7 Å². The maximum Gasteiger partial charge on any atom is 0.240 e. The van der Waals surface area contributed by atoms with Gasteiger partial charge in [0.15, 0.2) is 0 Å². The van der Waals surface area contributed by atoms with Gasteiger partial charge in [-0.05, 0) is 50.2 Å². The molecule has 0 atom stereocenters. The number of hydrogen-bond donors (Lipinski definition) is 2. The Kier molecular flexibility index (Phi) is 6.45. The van der Waals surface area contributed by atoms with Gasteiger partial charge in [-0.1, -0.05) is 13.8 Å². The largest absolute Gasteiger partial charge is 0.399 e. The summed E-state index contributed by atoms with van der Waals surface area (Å²) in [6.45, 7) is 9.04. The summed E-state index contributed by atoms with van der Waals surface area (Å²) >= 11 is 0. The van der Waals surface area contributed by atoms with E-state index in [2.05, 4.69) is 23.5 Å². The number of aryl methyl sites for hydroxylation is 1. The van der Waals surface area contributed by atoms with Crippen molar-refractivity contribution in [2.45, 2.75) is 32.1 Å². The molecular weight excluding hydrogens is 274 g/mol. The van der Waals surface area contributed by atoms with Gasteiger partial charge in [0.1, 0.15) is 0 Å². The predicted molar refractivity (Wildman–Crippen MR) is 83.2 cm³/mol. The van der Waals surface area contributed by atoms with Crippen LogP contribution in [0, 0.1) is 6.92 Å². The highest BCUT2D eigenvalue weighted by molar-refractivity contribution is 7.89. The van der Waals surface area contributed by atoms with Gasteiger partial charge in [0.05, 0.1) is 4.90 Å². The summed E-state index contributed by atoms with van der Waals surface area (Å²) in [6, 6.07) is 4.86. The van der Waals surface area contributed by atoms with Crippen LogP contribution in [0.5, 0.6) is 0 Å². The molecule has 20 heavy (non-hydrogen) atoms. The zero-order valence-corrected chi connectivity index (χ0v) is 13.3. The van der Waals surface area contributed by atoms with Crippen LogP contribution in [0.4, 0.5) is 5.69 Å². The van der Waals surface area contributed by atoms with E-state index in [4.69, 9.17) is 5.73 Å². The van der Waals surface area contributed by atoms with E-state index in [0.29, 0.717) is 18.8 Å². The third kappa shape index (κ3) is 5.11. The van der Waals surface area contributed by atoms with Crippen LogP contribution in [0.1, 0.15) is 25.8 Å². The highest BCUT2D eigenvalue weighted by Crippen LogP contribution is 2.15. The van der Waals surface area contributed by atoms with Crippen molar-refractivity contribution in [1.82, 2.24) is 9.62 Å². The number of anilines is 1. The summed E-state index contributed by atoms with van der Waals surface area (Å²) in [6.07, 6.45) is 1.06. The van der Waals surface area contributed by atoms with Crippen LogP contribution in [0.3, 0.4) is 0 Å². The molecule has 0 amide bonds. The Morgan fingerprint density at radius 1 is 1.20 bits per heavy atom. The second kappa shape index (κ2) is 7.61. The zero-order valence-electron chi connectivity index (χ0n) is 12.5. The normalized spacial score (nSPS) is 12.0. The van der Waals surface area contributed by atoms with Crippen molar-refractivity contribution in [1.29, 1.82) is 0 Å². The number of benzene rings is 1. The fraction of sp³-hybridized carbons (Fsp3) is 0.571. The first-order chi connectivity index (χ1) is 9.39. The number of likely N-dealkylation sites (N-methyl/N-ethyl adjacent to an activating group) is 1. The molecule has 0 spiro atoms. The van der Waals surface area contributed by atoms with Crippen molar-refractivity contribution in [2.24, 2.45) is 0 Å². The molecule has 0 heterocycles. The second-order valence-corrected chi connectivity index (χ2v) is 6.68. The molecule has 6 heteroatoms. The SMILES string of the molecule is CCCN(CC)CCNS(=O)(=O)c1cc(C)cc(N)c1. The lowest BCUT2D eigenvalue weighted by atomic mass is 10.2. The van der Waals surface area contributed by atoms with E-state index in [0.717, 1.165) is 25.1 Å². The van der Waals surface area contributed by atoms with Gasteiger partial charge in [-0.2, -0.15) is 0 Å². The Bertz CT molecular complexity index is 509. The predicted octanol–water partition coefficient (Wildman–Crippen LogP) is 1.59. The molecule has 5 nitrogen and oxygen atoms in total. The minimum atomic E-state index is -3.48. The topological polar surface area (TPSA) is 75.4 Å². The quantitative estimate of drug-likeness (QED) is 0.715. The molecule has 0 aliphatic rings. The summed E-state index contributed by atoms with van der Waals surface area (Å²) < 4.78 is 27.0. The number of nitrogens with two attached hydrogens (primary N) is 1. The molecule has 0 unspecified atom stereocenters. The average molecular weight is 299 g/mol. The van der Waals surface area contributed by atoms with Crippen LogP contribution >= 0.6 is 0 Å². The molecule has 0 saturated carbocycles. The number of nitrogens with zero attached hydrogens (tertiary/aromatic N) is 1. The molecule has 0 fully saturated rings. The van der Waals surface area contributed by atoms with E-state index in [-0.39, 0.29) is 4.90 Å². The Labute approximate surface area is 122 Å². The van der Waals surface area contributed by atoms with Crippen LogP contribution in [0.15, 0.2) is 23.1 Å². The third-order valence-corrected chi connectivity index (χ3v) is 4.53. The molecular formula is C14H25N3O2S. The first kappa shape index (κ1) is 16.9. The summed E-state index contributed by atoms with van der Waals surface area (Å²) in [5.74, 6) is 0. The summed E-state index contributed by atoms with van der Waals surface area (Å²) in [7, 11) is -3.48. The fourth-order valence-corrected chi connectivity index (χ4v) is 3.26. The van der Waals surface area contributed by atoms with Crippen molar-refractivity contribution in [2.75, 3.05) is 31.9 Å². The molecule has 1 aromatic rings. The first-order valence-electron chi connectivity index (χ1n) is 6.98. The third-order valence-electron chi connectivity index (χ3n) is 3.09. The lowest BCUT2D eigenvalue weighted by Crippen LogP contribution is -2.35. The van der Waals surface area contributed by atoms with Crippen molar-refractivity contribution in [3.8, 4) is 0 Å². The second-order valence-electron chi connectivity index (χ2n) is 4.91. The minimum absolute atomic E-state index is 0.230. The maximum absolute atomic E-state index is 12.2. The van der Waals surface area contributed by atoms with E-state index in [9.17, 15) is 8.42 Å². The minimum Gasteiger partial charge on any atom is -0.399 e.